The van der Waals surface area contributed by atoms with Crippen molar-refractivity contribution in [1.29, 1.82) is 0 Å². The van der Waals surface area contributed by atoms with E-state index in [1.807, 2.05) is 0 Å². The summed E-state index contributed by atoms with van der Waals surface area (Å²) in [6.07, 6.45) is 1.26. The molecule has 0 bridgehead atoms. The minimum absolute atomic E-state index is 0.0396. The number of amides is 1. The van der Waals surface area contributed by atoms with Gasteiger partial charge in [0.1, 0.15) is 6.61 Å². The molecule has 8 nitrogen and oxygen atoms in total. The first-order chi connectivity index (χ1) is 13.0. The van der Waals surface area contributed by atoms with Crippen LogP contribution in [0.4, 0.5) is 0 Å². The van der Waals surface area contributed by atoms with Crippen LogP contribution in [0.2, 0.25) is 5.02 Å². The highest BCUT2D eigenvalue weighted by molar-refractivity contribution is 8.04. The van der Waals surface area contributed by atoms with Crippen LogP contribution in [0.25, 0.3) is 0 Å². The Morgan fingerprint density at radius 3 is 2.93 bits per heavy atom. The molecule has 1 amide bonds. The normalized spacial score (nSPS) is 16.7. The standard InChI is InChI=1S/C17H16ClNO7S/c1-2-23-15(21)7-14-19(13(20)8-27-14)3-4-24-17(22)10-5-11(18)16-12(6-10)25-9-26-16/h5-7H,2-4,8-9H2,1H3/b14-7-. The monoisotopic (exact) mass is 413 g/mol. The number of benzene rings is 1. The van der Waals surface area contributed by atoms with Gasteiger partial charge in [-0.15, -0.1) is 0 Å². The molecule has 1 aromatic rings. The molecule has 0 spiro atoms. The van der Waals surface area contributed by atoms with Crippen molar-refractivity contribution in [2.24, 2.45) is 0 Å². The third-order valence-electron chi connectivity index (χ3n) is 3.65. The lowest BCUT2D eigenvalue weighted by molar-refractivity contribution is -0.137. The van der Waals surface area contributed by atoms with Crippen molar-refractivity contribution >= 4 is 41.2 Å². The third kappa shape index (κ3) is 4.48. The second kappa shape index (κ2) is 8.53. The van der Waals surface area contributed by atoms with Gasteiger partial charge in [-0.3, -0.25) is 4.79 Å². The Morgan fingerprint density at radius 2 is 2.15 bits per heavy atom. The molecule has 0 unspecified atom stereocenters. The molecule has 0 saturated carbocycles. The lowest BCUT2D eigenvalue weighted by Crippen LogP contribution is -2.29. The zero-order valence-electron chi connectivity index (χ0n) is 14.4. The minimum Gasteiger partial charge on any atom is -0.463 e. The van der Waals surface area contributed by atoms with E-state index in [1.165, 1.54) is 34.9 Å². The minimum atomic E-state index is -0.606. The Hall–Kier alpha value is -2.39. The third-order valence-corrected chi connectivity index (χ3v) is 4.96. The summed E-state index contributed by atoms with van der Waals surface area (Å²) in [6, 6.07) is 2.92. The molecule has 27 heavy (non-hydrogen) atoms. The number of hydrogen-bond donors (Lipinski definition) is 0. The number of carbonyl (C=O) groups excluding carboxylic acids is 3. The van der Waals surface area contributed by atoms with Gasteiger partial charge in [0.05, 0.1) is 40.6 Å². The number of nitrogens with zero attached hydrogens (tertiary/aromatic N) is 1. The topological polar surface area (TPSA) is 91.4 Å². The summed E-state index contributed by atoms with van der Waals surface area (Å²) < 4.78 is 20.5. The summed E-state index contributed by atoms with van der Waals surface area (Å²) in [5, 5.41) is 0.725. The molecule has 3 rings (SSSR count). The maximum absolute atomic E-state index is 12.2. The van der Waals surface area contributed by atoms with E-state index in [-0.39, 0.29) is 48.8 Å². The van der Waals surface area contributed by atoms with Gasteiger partial charge in [-0.2, -0.15) is 0 Å². The van der Waals surface area contributed by atoms with Crippen molar-refractivity contribution in [2.45, 2.75) is 6.92 Å². The van der Waals surface area contributed by atoms with Gasteiger partial charge in [-0.1, -0.05) is 23.4 Å². The molecule has 10 heteroatoms. The van der Waals surface area contributed by atoms with E-state index in [2.05, 4.69) is 0 Å². The highest BCUT2D eigenvalue weighted by atomic mass is 35.5. The average Bonchev–Trinajstić information content (AvgIpc) is 3.23. The molecule has 1 saturated heterocycles. The van der Waals surface area contributed by atoms with Crippen LogP contribution in [0.15, 0.2) is 23.2 Å². The van der Waals surface area contributed by atoms with Crippen molar-refractivity contribution in [2.75, 3.05) is 32.3 Å². The first kappa shape index (κ1) is 19.4. The SMILES string of the molecule is CCOC(=O)/C=C1\SCC(=O)N1CCOC(=O)c1cc(Cl)c2c(c1)OCO2. The second-order valence-corrected chi connectivity index (χ2v) is 6.80. The lowest BCUT2D eigenvalue weighted by atomic mass is 10.2. The number of esters is 2. The average molecular weight is 414 g/mol. The Labute approximate surface area is 164 Å². The molecule has 0 aliphatic carbocycles. The van der Waals surface area contributed by atoms with E-state index in [4.69, 9.17) is 30.5 Å². The number of thioether (sulfide) groups is 1. The summed E-state index contributed by atoms with van der Waals surface area (Å²) in [4.78, 5) is 37.2. The second-order valence-electron chi connectivity index (χ2n) is 5.40. The van der Waals surface area contributed by atoms with Gasteiger partial charge < -0.3 is 23.8 Å². The molecule has 1 aromatic carbocycles. The fourth-order valence-electron chi connectivity index (χ4n) is 2.45. The molecule has 2 heterocycles. The van der Waals surface area contributed by atoms with Crippen molar-refractivity contribution in [3.05, 3.63) is 33.8 Å². The van der Waals surface area contributed by atoms with Crippen LogP contribution in [0.1, 0.15) is 17.3 Å². The van der Waals surface area contributed by atoms with E-state index >= 15 is 0 Å². The highest BCUT2D eigenvalue weighted by Crippen LogP contribution is 2.39. The maximum atomic E-state index is 12.2. The van der Waals surface area contributed by atoms with Crippen LogP contribution in [-0.4, -0.2) is 55.1 Å². The zero-order valence-corrected chi connectivity index (χ0v) is 15.9. The van der Waals surface area contributed by atoms with Crippen molar-refractivity contribution in [3.8, 4) is 11.5 Å². The fourth-order valence-corrected chi connectivity index (χ4v) is 3.67. The number of ether oxygens (including phenoxy) is 4. The zero-order chi connectivity index (χ0) is 19.4. The molecular formula is C17H16ClNO7S. The summed E-state index contributed by atoms with van der Waals surface area (Å²) in [5.74, 6) is -0.312. The molecule has 2 aliphatic heterocycles. The first-order valence-corrected chi connectivity index (χ1v) is 9.44. The Morgan fingerprint density at radius 1 is 1.33 bits per heavy atom. The molecular weight excluding hydrogens is 398 g/mol. The number of fused-ring (bicyclic) bond motifs is 1. The lowest BCUT2D eigenvalue weighted by Gasteiger charge is -2.16. The van der Waals surface area contributed by atoms with E-state index in [1.54, 1.807) is 6.92 Å². The molecule has 0 atom stereocenters. The Bertz CT molecular complexity index is 811. The van der Waals surface area contributed by atoms with Crippen LogP contribution in [0, 0.1) is 0 Å². The molecule has 0 radical (unpaired) electrons. The van der Waals surface area contributed by atoms with Crippen LogP contribution in [0.5, 0.6) is 11.5 Å². The summed E-state index contributed by atoms with van der Waals surface area (Å²) in [7, 11) is 0. The van der Waals surface area contributed by atoms with Gasteiger partial charge in [0.25, 0.3) is 0 Å². The number of halogens is 1. The van der Waals surface area contributed by atoms with Gasteiger partial charge in [-0.05, 0) is 19.1 Å². The van der Waals surface area contributed by atoms with Crippen molar-refractivity contribution in [3.63, 3.8) is 0 Å². The van der Waals surface area contributed by atoms with E-state index in [0.29, 0.717) is 16.5 Å². The molecule has 1 fully saturated rings. The Kier molecular flexibility index (Phi) is 6.12. The van der Waals surface area contributed by atoms with Gasteiger partial charge >= 0.3 is 11.9 Å². The van der Waals surface area contributed by atoms with Gasteiger partial charge in [-0.25, -0.2) is 9.59 Å². The summed E-state index contributed by atoms with van der Waals surface area (Å²) in [6.45, 7) is 2.07. The highest BCUT2D eigenvalue weighted by Gasteiger charge is 2.28. The van der Waals surface area contributed by atoms with Gasteiger partial charge in [0.15, 0.2) is 11.5 Å². The van der Waals surface area contributed by atoms with Gasteiger partial charge in [0, 0.05) is 0 Å². The summed E-state index contributed by atoms with van der Waals surface area (Å²) >= 11 is 7.28. The van der Waals surface area contributed by atoms with Crippen molar-refractivity contribution in [1.82, 2.24) is 4.90 Å². The van der Waals surface area contributed by atoms with E-state index in [0.717, 1.165) is 0 Å². The smallest absolute Gasteiger partial charge is 0.338 e. The number of hydrogen-bond acceptors (Lipinski definition) is 8. The van der Waals surface area contributed by atoms with Crippen molar-refractivity contribution < 1.29 is 33.3 Å². The predicted octanol–water partition coefficient (Wildman–Crippen LogP) is 2.21. The van der Waals surface area contributed by atoms with Crippen LogP contribution in [0.3, 0.4) is 0 Å². The van der Waals surface area contributed by atoms with E-state index in [9.17, 15) is 14.4 Å². The molecule has 2 aliphatic rings. The maximum Gasteiger partial charge on any atom is 0.338 e. The number of carbonyl (C=O) groups is 3. The van der Waals surface area contributed by atoms with Crippen LogP contribution < -0.4 is 9.47 Å². The predicted molar refractivity (Wildman–Crippen MR) is 96.7 cm³/mol. The van der Waals surface area contributed by atoms with E-state index < -0.39 is 11.9 Å². The van der Waals surface area contributed by atoms with Crippen LogP contribution in [-0.2, 0) is 19.1 Å². The molecule has 0 N–H and O–H groups in total. The molecule has 144 valence electrons. The van der Waals surface area contributed by atoms with Crippen LogP contribution >= 0.6 is 23.4 Å². The fraction of sp³-hybridized carbons (Fsp3) is 0.353. The molecule has 0 aromatic heterocycles. The quantitative estimate of drug-likeness (QED) is 0.517. The number of rotatable bonds is 6. The Balaban J connectivity index is 1.58. The summed E-state index contributed by atoms with van der Waals surface area (Å²) in [5.41, 5.74) is 0.216. The largest absolute Gasteiger partial charge is 0.463 e. The first-order valence-electron chi connectivity index (χ1n) is 8.07. The van der Waals surface area contributed by atoms with Gasteiger partial charge in [0.2, 0.25) is 12.7 Å².